The SMILES string of the molecule is C(=Cc1ccccc1)CN1CCN(CCCCCCC(c2ccccc2)c2ccccc2)CC1. The molecule has 1 aliphatic rings. The molecule has 0 bridgehead atoms. The van der Waals surface area contributed by atoms with E-state index in [0.29, 0.717) is 5.92 Å². The topological polar surface area (TPSA) is 6.48 Å². The fourth-order valence-corrected chi connectivity index (χ4v) is 5.03. The van der Waals surface area contributed by atoms with Crippen LogP contribution in [0.5, 0.6) is 0 Å². The maximum atomic E-state index is 2.66. The summed E-state index contributed by atoms with van der Waals surface area (Å²) >= 11 is 0. The third-order valence-corrected chi connectivity index (χ3v) is 7.06. The van der Waals surface area contributed by atoms with Gasteiger partial charge in [0.15, 0.2) is 0 Å². The zero-order chi connectivity index (χ0) is 23.3. The van der Waals surface area contributed by atoms with Gasteiger partial charge in [0.05, 0.1) is 0 Å². The summed E-state index contributed by atoms with van der Waals surface area (Å²) < 4.78 is 0. The van der Waals surface area contributed by atoms with Gasteiger partial charge in [-0.3, -0.25) is 4.90 Å². The molecule has 0 aliphatic carbocycles. The first-order chi connectivity index (χ1) is 16.9. The highest BCUT2D eigenvalue weighted by atomic mass is 15.3. The lowest BCUT2D eigenvalue weighted by molar-refractivity contribution is 0.140. The lowest BCUT2D eigenvalue weighted by atomic mass is 9.87. The van der Waals surface area contributed by atoms with Crippen LogP contribution in [0.25, 0.3) is 6.08 Å². The second-order valence-electron chi connectivity index (χ2n) is 9.53. The molecule has 34 heavy (non-hydrogen) atoms. The van der Waals surface area contributed by atoms with Crippen LogP contribution in [0.15, 0.2) is 97.1 Å². The first kappa shape index (κ1) is 24.4. The van der Waals surface area contributed by atoms with Gasteiger partial charge >= 0.3 is 0 Å². The maximum Gasteiger partial charge on any atom is 0.0167 e. The van der Waals surface area contributed by atoms with Crippen molar-refractivity contribution in [1.29, 1.82) is 0 Å². The summed E-state index contributed by atoms with van der Waals surface area (Å²) in [6.07, 6.45) is 11.1. The molecule has 3 aromatic carbocycles. The van der Waals surface area contributed by atoms with Crippen LogP contribution < -0.4 is 0 Å². The Morgan fingerprint density at radius 2 is 1.12 bits per heavy atom. The van der Waals surface area contributed by atoms with E-state index in [1.54, 1.807) is 0 Å². The van der Waals surface area contributed by atoms with Gasteiger partial charge in [-0.1, -0.05) is 122 Å². The molecule has 178 valence electrons. The molecule has 4 rings (SSSR count). The lowest BCUT2D eigenvalue weighted by Crippen LogP contribution is -2.46. The minimum atomic E-state index is 0.520. The summed E-state index contributed by atoms with van der Waals surface area (Å²) in [5.74, 6) is 0.520. The van der Waals surface area contributed by atoms with Crippen LogP contribution in [0.2, 0.25) is 0 Å². The molecule has 2 nitrogen and oxygen atoms in total. The van der Waals surface area contributed by atoms with Crippen LogP contribution in [0.3, 0.4) is 0 Å². The summed E-state index contributed by atoms with van der Waals surface area (Å²) in [4.78, 5) is 5.23. The van der Waals surface area contributed by atoms with E-state index < -0.39 is 0 Å². The number of hydrogen-bond acceptors (Lipinski definition) is 2. The van der Waals surface area contributed by atoms with Gasteiger partial charge in [0, 0.05) is 38.6 Å². The zero-order valence-electron chi connectivity index (χ0n) is 20.6. The lowest BCUT2D eigenvalue weighted by Gasteiger charge is -2.34. The van der Waals surface area contributed by atoms with Crippen molar-refractivity contribution in [1.82, 2.24) is 9.80 Å². The van der Waals surface area contributed by atoms with Crippen LogP contribution >= 0.6 is 0 Å². The Hall–Kier alpha value is -2.68. The number of piperazine rings is 1. The molecule has 0 spiro atoms. The zero-order valence-corrected chi connectivity index (χ0v) is 20.6. The van der Waals surface area contributed by atoms with Crippen molar-refractivity contribution in [3.05, 3.63) is 114 Å². The Kier molecular flexibility index (Phi) is 9.99. The molecule has 0 aromatic heterocycles. The van der Waals surface area contributed by atoms with Crippen LogP contribution in [-0.2, 0) is 0 Å². The fraction of sp³-hybridized carbons (Fsp3) is 0.375. The third kappa shape index (κ3) is 7.97. The number of nitrogens with zero attached hydrogens (tertiary/aromatic N) is 2. The average molecular weight is 453 g/mol. The van der Waals surface area contributed by atoms with Crippen molar-refractivity contribution < 1.29 is 0 Å². The highest BCUT2D eigenvalue weighted by Crippen LogP contribution is 2.29. The molecule has 1 heterocycles. The largest absolute Gasteiger partial charge is 0.301 e. The summed E-state index contributed by atoms with van der Waals surface area (Å²) in [5, 5.41) is 0. The highest BCUT2D eigenvalue weighted by Gasteiger charge is 2.16. The molecule has 3 aromatic rings. The highest BCUT2D eigenvalue weighted by molar-refractivity contribution is 5.48. The Labute approximate surface area is 206 Å². The van der Waals surface area contributed by atoms with Crippen LogP contribution in [0.4, 0.5) is 0 Å². The number of benzene rings is 3. The number of unbranched alkanes of at least 4 members (excludes halogenated alkanes) is 3. The predicted octanol–water partition coefficient (Wildman–Crippen LogP) is 7.10. The molecular weight excluding hydrogens is 412 g/mol. The van der Waals surface area contributed by atoms with Crippen molar-refractivity contribution in [2.75, 3.05) is 39.3 Å². The first-order valence-corrected chi connectivity index (χ1v) is 13.1. The average Bonchev–Trinajstić information content (AvgIpc) is 2.91. The Morgan fingerprint density at radius 3 is 1.74 bits per heavy atom. The second-order valence-corrected chi connectivity index (χ2v) is 9.53. The fourth-order valence-electron chi connectivity index (χ4n) is 5.03. The molecule has 1 saturated heterocycles. The molecule has 0 N–H and O–H groups in total. The van der Waals surface area contributed by atoms with E-state index >= 15 is 0 Å². The standard InChI is InChI=1S/C32H40N2/c1(12-22-32(30-18-8-4-9-19-30)31-20-10-5-11-21-31)2-13-23-33-25-27-34(28-26-33)24-14-17-29-15-6-3-7-16-29/h3-11,14-21,32H,1-2,12-13,22-28H2. The molecule has 1 fully saturated rings. The molecule has 1 aliphatic heterocycles. The molecule has 0 unspecified atom stereocenters. The summed E-state index contributed by atoms with van der Waals surface area (Å²) in [7, 11) is 0. The molecule has 2 heteroatoms. The number of rotatable bonds is 12. The third-order valence-electron chi connectivity index (χ3n) is 7.06. The van der Waals surface area contributed by atoms with Crippen LogP contribution in [-0.4, -0.2) is 49.1 Å². The smallest absolute Gasteiger partial charge is 0.0167 e. The van der Waals surface area contributed by atoms with Gasteiger partial charge in [-0.15, -0.1) is 0 Å². The van der Waals surface area contributed by atoms with E-state index in [4.69, 9.17) is 0 Å². The van der Waals surface area contributed by atoms with E-state index in [-0.39, 0.29) is 0 Å². The van der Waals surface area contributed by atoms with E-state index in [1.807, 2.05) is 0 Å². The summed E-state index contributed by atoms with van der Waals surface area (Å²) in [6, 6.07) is 32.7. The van der Waals surface area contributed by atoms with Crippen molar-refractivity contribution in [3.8, 4) is 0 Å². The van der Waals surface area contributed by atoms with Crippen molar-refractivity contribution in [2.45, 2.75) is 38.0 Å². The van der Waals surface area contributed by atoms with Crippen LogP contribution in [0.1, 0.15) is 54.7 Å². The Morgan fingerprint density at radius 1 is 0.588 bits per heavy atom. The van der Waals surface area contributed by atoms with E-state index in [2.05, 4.69) is 113 Å². The Bertz CT molecular complexity index is 905. The molecule has 0 atom stereocenters. The molecule has 0 saturated carbocycles. The quantitative estimate of drug-likeness (QED) is 0.270. The van der Waals surface area contributed by atoms with E-state index in [9.17, 15) is 0 Å². The van der Waals surface area contributed by atoms with Crippen molar-refractivity contribution >= 4 is 6.08 Å². The summed E-state index contributed by atoms with van der Waals surface area (Å²) in [5.41, 5.74) is 4.19. The minimum absolute atomic E-state index is 0.520. The van der Waals surface area contributed by atoms with E-state index in [1.165, 1.54) is 81.5 Å². The minimum Gasteiger partial charge on any atom is -0.301 e. The molecule has 0 amide bonds. The monoisotopic (exact) mass is 452 g/mol. The normalized spacial score (nSPS) is 15.3. The van der Waals surface area contributed by atoms with Gasteiger partial charge in [-0.2, -0.15) is 0 Å². The Balaban J connectivity index is 1.10. The van der Waals surface area contributed by atoms with Gasteiger partial charge in [0.1, 0.15) is 0 Å². The second kappa shape index (κ2) is 13.9. The number of hydrogen-bond donors (Lipinski definition) is 0. The van der Waals surface area contributed by atoms with Gasteiger partial charge in [-0.25, -0.2) is 0 Å². The van der Waals surface area contributed by atoms with Gasteiger partial charge in [0.2, 0.25) is 0 Å². The van der Waals surface area contributed by atoms with Crippen molar-refractivity contribution in [2.24, 2.45) is 0 Å². The molecular formula is C32H40N2. The summed E-state index contributed by atoms with van der Waals surface area (Å²) in [6.45, 7) is 7.12. The maximum absolute atomic E-state index is 2.66. The van der Waals surface area contributed by atoms with Gasteiger partial charge in [0.25, 0.3) is 0 Å². The predicted molar refractivity (Wildman–Crippen MR) is 146 cm³/mol. The van der Waals surface area contributed by atoms with E-state index in [0.717, 1.165) is 6.54 Å². The van der Waals surface area contributed by atoms with Crippen LogP contribution in [0, 0.1) is 0 Å². The van der Waals surface area contributed by atoms with Gasteiger partial charge < -0.3 is 4.90 Å². The van der Waals surface area contributed by atoms with Crippen molar-refractivity contribution in [3.63, 3.8) is 0 Å². The van der Waals surface area contributed by atoms with Gasteiger partial charge in [-0.05, 0) is 36.1 Å². The first-order valence-electron chi connectivity index (χ1n) is 13.1. The molecule has 0 radical (unpaired) electrons.